The van der Waals surface area contributed by atoms with Crippen LogP contribution in [0.5, 0.6) is 0 Å². The molecule has 4 rings (SSSR count). The van der Waals surface area contributed by atoms with Crippen LogP contribution in [0.1, 0.15) is 40.0 Å². The Morgan fingerprint density at radius 1 is 1.03 bits per heavy atom. The zero-order chi connectivity index (χ0) is 21.1. The fourth-order valence-electron chi connectivity index (χ4n) is 4.02. The van der Waals surface area contributed by atoms with E-state index >= 15 is 0 Å². The summed E-state index contributed by atoms with van der Waals surface area (Å²) in [6.07, 6.45) is 2.47. The van der Waals surface area contributed by atoms with Crippen molar-refractivity contribution in [1.82, 2.24) is 19.8 Å². The summed E-state index contributed by atoms with van der Waals surface area (Å²) >= 11 is 1.65. The summed E-state index contributed by atoms with van der Waals surface area (Å²) in [7, 11) is 2.10. The van der Waals surface area contributed by atoms with Crippen LogP contribution in [0.15, 0.2) is 29.4 Å². The van der Waals surface area contributed by atoms with Crippen molar-refractivity contribution in [1.29, 1.82) is 0 Å². The number of rotatable bonds is 5. The van der Waals surface area contributed by atoms with Crippen molar-refractivity contribution in [3.8, 4) is 0 Å². The van der Waals surface area contributed by atoms with E-state index in [1.165, 1.54) is 18.4 Å². The maximum Gasteiger partial charge on any atom is 0.253 e. The van der Waals surface area contributed by atoms with Gasteiger partial charge in [0.2, 0.25) is 0 Å². The maximum absolute atomic E-state index is 12.9. The largest absolute Gasteiger partial charge is 0.356 e. The minimum atomic E-state index is 0.133. The lowest BCUT2D eigenvalue weighted by Crippen LogP contribution is -2.47. The molecule has 2 aliphatic heterocycles. The average molecular weight is 426 g/mol. The van der Waals surface area contributed by atoms with Gasteiger partial charge in [-0.05, 0) is 51.4 Å². The van der Waals surface area contributed by atoms with Crippen LogP contribution in [0, 0.1) is 13.8 Å². The van der Waals surface area contributed by atoms with Crippen molar-refractivity contribution >= 4 is 23.5 Å². The van der Waals surface area contributed by atoms with Gasteiger partial charge in [-0.2, -0.15) is 0 Å². The lowest BCUT2D eigenvalue weighted by Gasteiger charge is -2.32. The molecule has 160 valence electrons. The van der Waals surface area contributed by atoms with E-state index in [2.05, 4.69) is 36.8 Å². The van der Waals surface area contributed by atoms with E-state index in [0.717, 1.165) is 72.8 Å². The molecule has 0 unspecified atom stereocenters. The average Bonchev–Trinajstić information content (AvgIpc) is 3.29. The number of anilines is 1. The number of carbonyl (C=O) groups is 1. The Hall–Kier alpha value is -2.12. The molecule has 1 aromatic carbocycles. The quantitative estimate of drug-likeness (QED) is 0.541. The van der Waals surface area contributed by atoms with E-state index in [1.54, 1.807) is 11.8 Å². The van der Waals surface area contributed by atoms with Gasteiger partial charge in [-0.15, -0.1) is 0 Å². The molecule has 30 heavy (non-hydrogen) atoms. The summed E-state index contributed by atoms with van der Waals surface area (Å²) < 4.78 is 0. The highest BCUT2D eigenvalue weighted by Gasteiger charge is 2.21. The Morgan fingerprint density at radius 3 is 2.50 bits per heavy atom. The van der Waals surface area contributed by atoms with Crippen molar-refractivity contribution in [2.24, 2.45) is 0 Å². The summed E-state index contributed by atoms with van der Waals surface area (Å²) in [6, 6.07) is 8.01. The molecule has 1 amide bonds. The standard InChI is InChI=1S/C23H31N5OS/c1-17-18(2)24-23(25-21(17)27-9-4-5-10-27)30-16-19-7-6-8-20(15-19)22(29)28-13-11-26(3)12-14-28/h6-8,15H,4-5,9-14,16H2,1-3H3. The first kappa shape index (κ1) is 21.1. The number of aryl methyl sites for hydroxylation is 1. The molecular formula is C23H31N5OS. The van der Waals surface area contributed by atoms with Crippen LogP contribution in [0.4, 0.5) is 5.82 Å². The molecule has 2 fully saturated rings. The van der Waals surface area contributed by atoms with E-state index in [-0.39, 0.29) is 5.91 Å². The first-order chi connectivity index (χ1) is 14.5. The van der Waals surface area contributed by atoms with Gasteiger partial charge in [-0.25, -0.2) is 9.97 Å². The first-order valence-corrected chi connectivity index (χ1v) is 11.8. The third kappa shape index (κ3) is 4.78. The van der Waals surface area contributed by atoms with Gasteiger partial charge in [-0.1, -0.05) is 23.9 Å². The number of carbonyl (C=O) groups excluding carboxylic acids is 1. The van der Waals surface area contributed by atoms with Gasteiger partial charge < -0.3 is 14.7 Å². The second-order valence-corrected chi connectivity index (χ2v) is 9.26. The van der Waals surface area contributed by atoms with Crippen molar-refractivity contribution in [3.63, 3.8) is 0 Å². The third-order valence-corrected chi connectivity index (χ3v) is 7.00. The first-order valence-electron chi connectivity index (χ1n) is 10.8. The predicted octanol–water partition coefficient (Wildman–Crippen LogP) is 3.37. The van der Waals surface area contributed by atoms with Gasteiger partial charge in [0.25, 0.3) is 5.91 Å². The number of nitrogens with zero attached hydrogens (tertiary/aromatic N) is 5. The zero-order valence-electron chi connectivity index (χ0n) is 18.2. The van der Waals surface area contributed by atoms with Gasteiger partial charge in [0, 0.05) is 61.8 Å². The number of hydrogen-bond acceptors (Lipinski definition) is 6. The predicted molar refractivity (Wildman–Crippen MR) is 122 cm³/mol. The molecule has 2 saturated heterocycles. The zero-order valence-corrected chi connectivity index (χ0v) is 19.0. The van der Waals surface area contributed by atoms with Crippen LogP contribution in [0.3, 0.4) is 0 Å². The van der Waals surface area contributed by atoms with Gasteiger partial charge in [-0.3, -0.25) is 4.79 Å². The third-order valence-electron chi connectivity index (χ3n) is 6.08. The van der Waals surface area contributed by atoms with Crippen LogP contribution in [0.25, 0.3) is 0 Å². The van der Waals surface area contributed by atoms with Crippen LogP contribution in [-0.2, 0) is 5.75 Å². The molecule has 0 atom stereocenters. The molecule has 0 saturated carbocycles. The number of likely N-dealkylation sites (N-methyl/N-ethyl adjacent to an activating group) is 1. The Balaban J connectivity index is 1.44. The molecule has 0 bridgehead atoms. The van der Waals surface area contributed by atoms with Crippen molar-refractivity contribution < 1.29 is 4.79 Å². The molecule has 0 N–H and O–H groups in total. The van der Waals surface area contributed by atoms with Crippen LogP contribution in [0.2, 0.25) is 0 Å². The Morgan fingerprint density at radius 2 is 1.77 bits per heavy atom. The molecular weight excluding hydrogens is 394 g/mol. The highest BCUT2D eigenvalue weighted by Crippen LogP contribution is 2.28. The fraction of sp³-hybridized carbons (Fsp3) is 0.522. The lowest BCUT2D eigenvalue weighted by molar-refractivity contribution is 0.0664. The summed E-state index contributed by atoms with van der Waals surface area (Å²) in [5, 5.41) is 0.816. The molecule has 6 nitrogen and oxygen atoms in total. The second-order valence-electron chi connectivity index (χ2n) is 8.32. The van der Waals surface area contributed by atoms with Crippen LogP contribution >= 0.6 is 11.8 Å². The number of aromatic nitrogens is 2. The number of amides is 1. The molecule has 0 spiro atoms. The molecule has 0 radical (unpaired) electrons. The normalized spacial score (nSPS) is 17.6. The smallest absolute Gasteiger partial charge is 0.253 e. The monoisotopic (exact) mass is 425 g/mol. The fourth-order valence-corrected chi connectivity index (χ4v) is 4.85. The topological polar surface area (TPSA) is 52.6 Å². The SMILES string of the molecule is Cc1nc(SCc2cccc(C(=O)N3CCN(C)CC3)c2)nc(N2CCCC2)c1C. The van der Waals surface area contributed by atoms with Crippen molar-refractivity contribution in [2.45, 2.75) is 37.6 Å². The van der Waals surface area contributed by atoms with E-state index in [0.29, 0.717) is 0 Å². The van der Waals surface area contributed by atoms with Crippen LogP contribution in [-0.4, -0.2) is 72.0 Å². The van der Waals surface area contributed by atoms with Gasteiger partial charge >= 0.3 is 0 Å². The number of benzene rings is 1. The van der Waals surface area contributed by atoms with E-state index < -0.39 is 0 Å². The summed E-state index contributed by atoms with van der Waals surface area (Å²) in [6.45, 7) is 9.81. The molecule has 0 aliphatic carbocycles. The van der Waals surface area contributed by atoms with Gasteiger partial charge in [0.1, 0.15) is 5.82 Å². The number of hydrogen-bond donors (Lipinski definition) is 0. The number of thioether (sulfide) groups is 1. The Kier molecular flexibility index (Phi) is 6.58. The van der Waals surface area contributed by atoms with Crippen LogP contribution < -0.4 is 4.90 Å². The second kappa shape index (κ2) is 9.35. The van der Waals surface area contributed by atoms with Gasteiger partial charge in [0.05, 0.1) is 0 Å². The minimum absolute atomic E-state index is 0.133. The van der Waals surface area contributed by atoms with E-state index in [1.807, 2.05) is 23.1 Å². The van der Waals surface area contributed by atoms with E-state index in [4.69, 9.17) is 9.97 Å². The van der Waals surface area contributed by atoms with Crippen molar-refractivity contribution in [2.75, 3.05) is 51.2 Å². The Bertz CT molecular complexity index is 904. The van der Waals surface area contributed by atoms with Gasteiger partial charge in [0.15, 0.2) is 5.16 Å². The summed E-state index contributed by atoms with van der Waals surface area (Å²) in [4.78, 5) is 29.0. The number of piperazine rings is 1. The minimum Gasteiger partial charge on any atom is -0.356 e. The summed E-state index contributed by atoms with van der Waals surface area (Å²) in [5.41, 5.74) is 4.13. The van der Waals surface area contributed by atoms with E-state index in [9.17, 15) is 4.79 Å². The maximum atomic E-state index is 12.9. The molecule has 1 aromatic heterocycles. The highest BCUT2D eigenvalue weighted by molar-refractivity contribution is 7.98. The Labute approximate surface area is 183 Å². The molecule has 7 heteroatoms. The highest BCUT2D eigenvalue weighted by atomic mass is 32.2. The molecule has 3 heterocycles. The lowest BCUT2D eigenvalue weighted by atomic mass is 10.1. The molecule has 2 aliphatic rings. The van der Waals surface area contributed by atoms with Crippen molar-refractivity contribution in [3.05, 3.63) is 46.6 Å². The summed E-state index contributed by atoms with van der Waals surface area (Å²) in [5.74, 6) is 1.97. The molecule has 2 aromatic rings.